The van der Waals surface area contributed by atoms with Crippen LogP contribution in [0.3, 0.4) is 0 Å². The molecule has 0 atom stereocenters. The molecule has 0 aliphatic carbocycles. The standard InChI is InChI=1S/C5H11N.ClH.Mg.2H/c1-2-4-6-5-3-1;;;;/h6H,1-5H2;1H;;;/q;;+2;2*-1. The van der Waals surface area contributed by atoms with E-state index in [2.05, 4.69) is 5.32 Å². The van der Waals surface area contributed by atoms with Gasteiger partial charge in [0.15, 0.2) is 0 Å². The van der Waals surface area contributed by atoms with Gasteiger partial charge in [-0.2, -0.15) is 0 Å². The van der Waals surface area contributed by atoms with Crippen LogP contribution < -0.4 is 5.32 Å². The maximum absolute atomic E-state index is 3.28. The summed E-state index contributed by atoms with van der Waals surface area (Å²) in [6.07, 6.45) is 4.22. The van der Waals surface area contributed by atoms with E-state index in [-0.39, 0.29) is 38.3 Å². The summed E-state index contributed by atoms with van der Waals surface area (Å²) in [6, 6.07) is 0. The summed E-state index contributed by atoms with van der Waals surface area (Å²) < 4.78 is 0. The van der Waals surface area contributed by atoms with Crippen molar-refractivity contribution in [1.82, 2.24) is 5.32 Å². The molecule has 0 amide bonds. The molecule has 0 radical (unpaired) electrons. The fraction of sp³-hybridized carbons (Fsp3) is 1.00. The summed E-state index contributed by atoms with van der Waals surface area (Å²) in [6.45, 7) is 2.50. The molecule has 1 N–H and O–H groups in total. The minimum absolute atomic E-state index is 0. The summed E-state index contributed by atoms with van der Waals surface area (Å²) in [5, 5.41) is 3.28. The molecule has 48 valence electrons. The molecule has 1 aliphatic heterocycles. The first kappa shape index (κ1) is 11.8. The third kappa shape index (κ3) is 5.16. The fourth-order valence-electron chi connectivity index (χ4n) is 0.802. The van der Waals surface area contributed by atoms with Crippen LogP contribution in [-0.4, -0.2) is 36.1 Å². The molecular weight excluding hydrogens is 134 g/mol. The van der Waals surface area contributed by atoms with Gasteiger partial charge in [-0.1, -0.05) is 6.42 Å². The van der Waals surface area contributed by atoms with Gasteiger partial charge in [-0.25, -0.2) is 0 Å². The molecule has 0 aromatic heterocycles. The Labute approximate surface area is 76.1 Å². The van der Waals surface area contributed by atoms with Crippen LogP contribution in [0.5, 0.6) is 0 Å². The van der Waals surface area contributed by atoms with Gasteiger partial charge < -0.3 is 8.17 Å². The van der Waals surface area contributed by atoms with E-state index in [1.54, 1.807) is 0 Å². The van der Waals surface area contributed by atoms with Crippen molar-refractivity contribution in [3.63, 3.8) is 0 Å². The topological polar surface area (TPSA) is 12.0 Å². The predicted octanol–water partition coefficient (Wildman–Crippen LogP) is 1.03. The molecule has 0 saturated carbocycles. The third-order valence-corrected chi connectivity index (χ3v) is 1.21. The first-order chi connectivity index (χ1) is 3.00. The van der Waals surface area contributed by atoms with Crippen molar-refractivity contribution in [2.24, 2.45) is 0 Å². The normalized spacial score (nSPS) is 18.0. The minimum atomic E-state index is 0. The number of rotatable bonds is 0. The summed E-state index contributed by atoms with van der Waals surface area (Å²) in [4.78, 5) is 0. The SMILES string of the molecule is C1CCNCC1.Cl.[H-].[H-].[Mg+2]. The van der Waals surface area contributed by atoms with Crippen molar-refractivity contribution >= 4 is 35.5 Å². The van der Waals surface area contributed by atoms with E-state index in [1.807, 2.05) is 0 Å². The van der Waals surface area contributed by atoms with E-state index in [0.29, 0.717) is 0 Å². The number of halogens is 1. The Morgan fingerprint density at radius 2 is 1.50 bits per heavy atom. The van der Waals surface area contributed by atoms with E-state index in [0.717, 1.165) is 0 Å². The second kappa shape index (κ2) is 8.02. The molecule has 1 nitrogen and oxygen atoms in total. The van der Waals surface area contributed by atoms with Crippen molar-refractivity contribution in [2.75, 3.05) is 13.1 Å². The summed E-state index contributed by atoms with van der Waals surface area (Å²) >= 11 is 0. The largest absolute Gasteiger partial charge is 2.00 e. The molecule has 1 heterocycles. The van der Waals surface area contributed by atoms with Crippen LogP contribution in [0.25, 0.3) is 0 Å². The first-order valence-electron chi connectivity index (χ1n) is 2.71. The van der Waals surface area contributed by atoms with Crippen molar-refractivity contribution in [2.45, 2.75) is 19.3 Å². The summed E-state index contributed by atoms with van der Waals surface area (Å²) in [5.41, 5.74) is 0. The summed E-state index contributed by atoms with van der Waals surface area (Å²) in [7, 11) is 0. The maximum Gasteiger partial charge on any atom is 2.00 e. The van der Waals surface area contributed by atoms with Crippen molar-refractivity contribution in [3.05, 3.63) is 0 Å². The molecule has 0 bridgehead atoms. The van der Waals surface area contributed by atoms with Crippen LogP contribution in [0.15, 0.2) is 0 Å². The summed E-state index contributed by atoms with van der Waals surface area (Å²) in [5.74, 6) is 0. The molecule has 8 heavy (non-hydrogen) atoms. The number of hydrogen-bond acceptors (Lipinski definition) is 1. The Kier molecular flexibility index (Phi) is 11.8. The quantitative estimate of drug-likeness (QED) is 0.505. The van der Waals surface area contributed by atoms with E-state index in [9.17, 15) is 0 Å². The molecule has 1 aliphatic rings. The number of hydrogen-bond donors (Lipinski definition) is 1. The fourth-order valence-corrected chi connectivity index (χ4v) is 0.802. The molecular formula is C5H14ClMgN. The van der Waals surface area contributed by atoms with Gasteiger partial charge in [0.25, 0.3) is 0 Å². The Balaban J connectivity index is -0.0000000450. The van der Waals surface area contributed by atoms with Crippen molar-refractivity contribution < 1.29 is 2.85 Å². The minimum Gasteiger partial charge on any atom is -1.00 e. The van der Waals surface area contributed by atoms with Crippen molar-refractivity contribution in [3.8, 4) is 0 Å². The van der Waals surface area contributed by atoms with Crippen LogP contribution >= 0.6 is 12.4 Å². The van der Waals surface area contributed by atoms with Gasteiger partial charge in [0, 0.05) is 0 Å². The van der Waals surface area contributed by atoms with Gasteiger partial charge in [-0.15, -0.1) is 12.4 Å². The van der Waals surface area contributed by atoms with Crippen LogP contribution in [0.4, 0.5) is 0 Å². The zero-order valence-corrected chi connectivity index (χ0v) is 7.38. The molecule has 3 heteroatoms. The molecule has 0 spiro atoms. The molecule has 0 aromatic carbocycles. The van der Waals surface area contributed by atoms with Crippen LogP contribution in [0.1, 0.15) is 22.1 Å². The van der Waals surface area contributed by atoms with Gasteiger partial charge in [-0.3, -0.25) is 0 Å². The van der Waals surface area contributed by atoms with Gasteiger partial charge >= 0.3 is 23.1 Å². The third-order valence-electron chi connectivity index (χ3n) is 1.21. The van der Waals surface area contributed by atoms with Gasteiger partial charge in [-0.05, 0) is 25.9 Å². The molecule has 1 rings (SSSR count). The molecule has 1 saturated heterocycles. The zero-order chi connectivity index (χ0) is 4.24. The molecule has 1 fully saturated rings. The van der Waals surface area contributed by atoms with E-state index >= 15 is 0 Å². The monoisotopic (exact) mass is 147 g/mol. The van der Waals surface area contributed by atoms with Crippen LogP contribution in [0, 0.1) is 0 Å². The zero-order valence-electron chi connectivity index (χ0n) is 7.15. The Hall–Kier alpha value is 1.02. The Morgan fingerprint density at radius 3 is 1.62 bits per heavy atom. The smallest absolute Gasteiger partial charge is 1.00 e. The number of nitrogens with one attached hydrogen (secondary N) is 1. The van der Waals surface area contributed by atoms with E-state index in [1.165, 1.54) is 32.4 Å². The number of piperidine rings is 1. The Morgan fingerprint density at radius 1 is 1.00 bits per heavy atom. The van der Waals surface area contributed by atoms with Gasteiger partial charge in [0.2, 0.25) is 0 Å². The van der Waals surface area contributed by atoms with E-state index in [4.69, 9.17) is 0 Å². The van der Waals surface area contributed by atoms with Gasteiger partial charge in [0.05, 0.1) is 0 Å². The first-order valence-corrected chi connectivity index (χ1v) is 2.71. The molecule has 0 aromatic rings. The second-order valence-electron chi connectivity index (χ2n) is 1.81. The van der Waals surface area contributed by atoms with Crippen LogP contribution in [-0.2, 0) is 0 Å². The van der Waals surface area contributed by atoms with Gasteiger partial charge in [0.1, 0.15) is 0 Å². The average Bonchev–Trinajstić information content (AvgIpc) is 1.72. The van der Waals surface area contributed by atoms with Crippen molar-refractivity contribution in [1.29, 1.82) is 0 Å². The average molecular weight is 148 g/mol. The second-order valence-corrected chi connectivity index (χ2v) is 1.81. The Bertz CT molecular complexity index is 35.1. The maximum atomic E-state index is 3.28. The van der Waals surface area contributed by atoms with E-state index < -0.39 is 0 Å². The van der Waals surface area contributed by atoms with Crippen LogP contribution in [0.2, 0.25) is 0 Å². The predicted molar refractivity (Wildman–Crippen MR) is 41.9 cm³/mol. The molecule has 0 unspecified atom stereocenters.